The summed E-state index contributed by atoms with van der Waals surface area (Å²) in [6, 6.07) is 0. The smallest absolute Gasteiger partial charge is 0.223 e. The highest BCUT2D eigenvalue weighted by Gasteiger charge is 2.75. The molecule has 0 nitrogen and oxygen atoms in total. The molecule has 0 rings (SSSR count). The molecule has 0 spiro atoms. The summed E-state index contributed by atoms with van der Waals surface area (Å²) in [6.45, 7) is 2.76. The van der Waals surface area contributed by atoms with E-state index in [0.717, 1.165) is 6.92 Å². The second-order valence-electron chi connectivity index (χ2n) is 4.03. The van der Waals surface area contributed by atoms with Gasteiger partial charge in [0.1, 0.15) is 0 Å². The largest absolute Gasteiger partial charge is 0.431 e. The first-order chi connectivity index (χ1) is 7.93. The Bertz CT molecular complexity index is 244. The van der Waals surface area contributed by atoms with Crippen molar-refractivity contribution in [3.05, 3.63) is 0 Å². The van der Waals surface area contributed by atoms with Gasteiger partial charge in [-0.05, 0) is 12.8 Å². The van der Waals surface area contributed by atoms with Gasteiger partial charge in [0.25, 0.3) is 0 Å². The molecule has 0 aromatic rings. The molecule has 0 heterocycles. The van der Waals surface area contributed by atoms with E-state index >= 15 is 0 Å². The summed E-state index contributed by atoms with van der Waals surface area (Å²) < 4.78 is 88.0. The minimum Gasteiger partial charge on any atom is -0.223 e. The Labute approximate surface area is 114 Å². The van der Waals surface area contributed by atoms with E-state index in [2.05, 4.69) is 0 Å². The maximum absolute atomic E-state index is 13.8. The van der Waals surface area contributed by atoms with Crippen LogP contribution < -0.4 is 0 Å². The molecule has 0 saturated carbocycles. The second-order valence-corrected chi connectivity index (χ2v) is 5.63. The lowest BCUT2D eigenvalue weighted by molar-refractivity contribution is -0.357. The quantitative estimate of drug-likeness (QED) is 0.331. The molecule has 2 unspecified atom stereocenters. The summed E-state index contributed by atoms with van der Waals surface area (Å²) in [5.74, 6) is -2.13. The van der Waals surface area contributed by atoms with E-state index in [0.29, 0.717) is 6.42 Å². The Kier molecular flexibility index (Phi) is 6.21. The standard InChI is InChI=1S/C10H14F7I/c1-3-5-7(18)6(4-2)8(11,9(12,13)14)10(15,16)17/h6-7H,3-5H2,1-2H3. The predicted octanol–water partition coefficient (Wildman–Crippen LogP) is 5.45. The van der Waals surface area contributed by atoms with Crippen molar-refractivity contribution >= 4 is 22.6 Å². The second kappa shape index (κ2) is 6.13. The monoisotopic (exact) mass is 394 g/mol. The molecule has 0 aliphatic carbocycles. The van der Waals surface area contributed by atoms with Gasteiger partial charge >= 0.3 is 18.0 Å². The third kappa shape index (κ3) is 3.41. The van der Waals surface area contributed by atoms with Gasteiger partial charge in [-0.15, -0.1) is 0 Å². The molecule has 8 heteroatoms. The Morgan fingerprint density at radius 1 is 0.889 bits per heavy atom. The molecule has 0 aromatic carbocycles. The molecule has 0 bridgehead atoms. The lowest BCUT2D eigenvalue weighted by atomic mass is 9.82. The first-order valence-electron chi connectivity index (χ1n) is 5.39. The topological polar surface area (TPSA) is 0 Å². The molecule has 0 aliphatic rings. The third-order valence-corrected chi connectivity index (χ3v) is 4.27. The molecule has 0 aromatic heterocycles. The molecule has 0 amide bonds. The molecular formula is C10H14F7I. The molecule has 0 fully saturated rings. The first kappa shape index (κ1) is 18.2. The van der Waals surface area contributed by atoms with Crippen molar-refractivity contribution in [2.45, 2.75) is 55.1 Å². The summed E-state index contributed by atoms with van der Waals surface area (Å²) >= 11 is 1.47. The Hall–Kier alpha value is 0.240. The molecule has 0 aliphatic heterocycles. The van der Waals surface area contributed by atoms with Crippen LogP contribution in [0, 0.1) is 5.92 Å². The van der Waals surface area contributed by atoms with Crippen molar-refractivity contribution in [1.29, 1.82) is 0 Å². The first-order valence-corrected chi connectivity index (χ1v) is 6.64. The van der Waals surface area contributed by atoms with E-state index < -0.39 is 34.3 Å². The van der Waals surface area contributed by atoms with Gasteiger partial charge in [0.2, 0.25) is 0 Å². The fourth-order valence-electron chi connectivity index (χ4n) is 1.84. The van der Waals surface area contributed by atoms with Crippen molar-refractivity contribution < 1.29 is 30.7 Å². The molecule has 2 atom stereocenters. The number of hydrogen-bond acceptors (Lipinski definition) is 0. The van der Waals surface area contributed by atoms with Crippen LogP contribution in [0.25, 0.3) is 0 Å². The molecule has 0 radical (unpaired) electrons. The van der Waals surface area contributed by atoms with E-state index in [9.17, 15) is 30.7 Å². The highest BCUT2D eigenvalue weighted by atomic mass is 127. The van der Waals surface area contributed by atoms with E-state index in [4.69, 9.17) is 0 Å². The average molecular weight is 394 g/mol. The van der Waals surface area contributed by atoms with Gasteiger partial charge in [-0.25, -0.2) is 4.39 Å². The summed E-state index contributed by atoms with van der Waals surface area (Å²) in [6.07, 6.45) is -11.9. The number of halogens is 8. The van der Waals surface area contributed by atoms with Crippen molar-refractivity contribution in [3.8, 4) is 0 Å². The zero-order valence-electron chi connectivity index (χ0n) is 9.80. The lowest BCUT2D eigenvalue weighted by Crippen LogP contribution is -2.60. The highest BCUT2D eigenvalue weighted by molar-refractivity contribution is 14.1. The number of hydrogen-bond donors (Lipinski definition) is 0. The van der Waals surface area contributed by atoms with Gasteiger partial charge in [-0.1, -0.05) is 42.9 Å². The highest BCUT2D eigenvalue weighted by Crippen LogP contribution is 2.54. The van der Waals surface area contributed by atoms with Gasteiger partial charge in [0.05, 0.1) is 0 Å². The zero-order valence-corrected chi connectivity index (χ0v) is 12.0. The van der Waals surface area contributed by atoms with Crippen LogP contribution in [-0.4, -0.2) is 21.9 Å². The van der Waals surface area contributed by atoms with Gasteiger partial charge in [-0.3, -0.25) is 0 Å². The molecule has 0 N–H and O–H groups in total. The maximum atomic E-state index is 13.8. The Morgan fingerprint density at radius 2 is 1.28 bits per heavy atom. The lowest BCUT2D eigenvalue weighted by Gasteiger charge is -2.38. The van der Waals surface area contributed by atoms with Crippen LogP contribution in [-0.2, 0) is 0 Å². The SMILES string of the molecule is CCCC(I)C(CC)C(F)(C(F)(F)F)C(F)(F)F. The molecule has 18 heavy (non-hydrogen) atoms. The van der Waals surface area contributed by atoms with Crippen LogP contribution in [0.2, 0.25) is 0 Å². The molecule has 0 saturated heterocycles. The van der Waals surface area contributed by atoms with Crippen molar-refractivity contribution in [2.75, 3.05) is 0 Å². The van der Waals surface area contributed by atoms with E-state index in [1.54, 1.807) is 6.92 Å². The number of alkyl halides is 8. The average Bonchev–Trinajstić information content (AvgIpc) is 2.15. The molecule has 110 valence electrons. The van der Waals surface area contributed by atoms with Crippen molar-refractivity contribution in [1.82, 2.24) is 0 Å². The zero-order chi connectivity index (χ0) is 14.8. The van der Waals surface area contributed by atoms with E-state index in [-0.39, 0.29) is 6.42 Å². The summed E-state index contributed by atoms with van der Waals surface area (Å²) in [5, 5.41) is 0. The van der Waals surface area contributed by atoms with Gasteiger partial charge < -0.3 is 0 Å². The fraction of sp³-hybridized carbons (Fsp3) is 1.00. The van der Waals surface area contributed by atoms with Crippen molar-refractivity contribution in [3.63, 3.8) is 0 Å². The molecular weight excluding hydrogens is 380 g/mol. The van der Waals surface area contributed by atoms with Crippen LogP contribution in [0.1, 0.15) is 33.1 Å². The van der Waals surface area contributed by atoms with Crippen LogP contribution in [0.4, 0.5) is 30.7 Å². The van der Waals surface area contributed by atoms with Crippen LogP contribution >= 0.6 is 22.6 Å². The Morgan fingerprint density at radius 3 is 1.50 bits per heavy atom. The number of rotatable bonds is 5. The van der Waals surface area contributed by atoms with Gasteiger partial charge in [-0.2, -0.15) is 26.3 Å². The van der Waals surface area contributed by atoms with E-state index in [1.807, 2.05) is 0 Å². The fourth-order valence-corrected chi connectivity index (χ4v) is 3.47. The van der Waals surface area contributed by atoms with Crippen molar-refractivity contribution in [2.24, 2.45) is 5.92 Å². The Balaban J connectivity index is 5.56. The minimum absolute atomic E-state index is 0.108. The normalized spacial score (nSPS) is 17.7. The third-order valence-electron chi connectivity index (χ3n) is 2.78. The summed E-state index contributed by atoms with van der Waals surface area (Å²) in [4.78, 5) is 0. The van der Waals surface area contributed by atoms with Crippen LogP contribution in [0.15, 0.2) is 0 Å². The van der Waals surface area contributed by atoms with Crippen LogP contribution in [0.3, 0.4) is 0 Å². The predicted molar refractivity (Wildman–Crippen MR) is 62.4 cm³/mol. The van der Waals surface area contributed by atoms with E-state index in [1.165, 1.54) is 22.6 Å². The summed E-state index contributed by atoms with van der Waals surface area (Å²) in [7, 11) is 0. The van der Waals surface area contributed by atoms with Gasteiger partial charge in [0.15, 0.2) is 0 Å². The summed E-state index contributed by atoms with van der Waals surface area (Å²) in [5.41, 5.74) is -5.14. The maximum Gasteiger partial charge on any atom is 0.431 e. The van der Waals surface area contributed by atoms with Crippen LogP contribution in [0.5, 0.6) is 0 Å². The van der Waals surface area contributed by atoms with Gasteiger partial charge in [0, 0.05) is 9.84 Å². The minimum atomic E-state index is -5.96.